The van der Waals surface area contributed by atoms with E-state index in [1.54, 1.807) is 0 Å². The molecule has 1 aromatic carbocycles. The van der Waals surface area contributed by atoms with Crippen LogP contribution in [0.5, 0.6) is 0 Å². The highest BCUT2D eigenvalue weighted by atomic mass is 79.9. The van der Waals surface area contributed by atoms with E-state index in [1.165, 1.54) is 0 Å². The van der Waals surface area contributed by atoms with Crippen molar-refractivity contribution in [1.82, 2.24) is 10.2 Å². The second kappa shape index (κ2) is 5.18. The van der Waals surface area contributed by atoms with E-state index in [0.717, 1.165) is 15.4 Å². The summed E-state index contributed by atoms with van der Waals surface area (Å²) in [6, 6.07) is 5.52. The van der Waals surface area contributed by atoms with E-state index in [0.29, 0.717) is 5.82 Å². The molecule has 2 rings (SSSR count). The first-order chi connectivity index (χ1) is 8.56. The fourth-order valence-electron chi connectivity index (χ4n) is 1.50. The third-order valence-electron chi connectivity index (χ3n) is 2.35. The number of amides is 1. The molecule has 1 amide bonds. The highest BCUT2D eigenvalue weighted by molar-refractivity contribution is 9.10. The van der Waals surface area contributed by atoms with E-state index in [2.05, 4.69) is 31.4 Å². The molecule has 0 spiro atoms. The summed E-state index contributed by atoms with van der Waals surface area (Å²) in [7, 11) is 0. The molecular formula is C11H10BrN3O3. The Labute approximate surface area is 111 Å². The van der Waals surface area contributed by atoms with Gasteiger partial charge >= 0.3 is 5.97 Å². The van der Waals surface area contributed by atoms with Crippen LogP contribution in [0, 0.1) is 0 Å². The number of aliphatic carboxylic acids is 1. The number of aromatic nitrogens is 2. The van der Waals surface area contributed by atoms with Gasteiger partial charge in [-0.15, -0.1) is 0 Å². The fraction of sp³-hybridized carbons (Fsp3) is 0.182. The number of nitrogens with zero attached hydrogens (tertiary/aromatic N) is 1. The summed E-state index contributed by atoms with van der Waals surface area (Å²) in [6.45, 7) is 0. The number of carboxylic acids is 1. The number of carbonyl (C=O) groups excluding carboxylic acids is 1. The van der Waals surface area contributed by atoms with Gasteiger partial charge in [-0.05, 0) is 18.2 Å². The standard InChI is InChI=1S/C11H10BrN3O3/c12-6-1-2-8-7(5-6)11(15-14-8)13-9(16)3-4-10(17)18/h1-2,5H,3-4H2,(H,17,18)(H2,13,14,15,16). The van der Waals surface area contributed by atoms with Gasteiger partial charge in [-0.25, -0.2) is 0 Å². The van der Waals surface area contributed by atoms with Crippen LogP contribution in [0.1, 0.15) is 12.8 Å². The van der Waals surface area contributed by atoms with Crippen molar-refractivity contribution in [3.63, 3.8) is 0 Å². The van der Waals surface area contributed by atoms with Crippen molar-refractivity contribution in [1.29, 1.82) is 0 Å². The first kappa shape index (κ1) is 12.6. The topological polar surface area (TPSA) is 95.1 Å². The number of anilines is 1. The SMILES string of the molecule is O=C(O)CCC(=O)Nc1n[nH]c2ccc(Br)cc12. The van der Waals surface area contributed by atoms with Crippen LogP contribution in [-0.2, 0) is 9.59 Å². The van der Waals surface area contributed by atoms with Crippen LogP contribution in [0.4, 0.5) is 5.82 Å². The van der Waals surface area contributed by atoms with E-state index in [4.69, 9.17) is 5.11 Å². The first-order valence-electron chi connectivity index (χ1n) is 5.21. The maximum atomic E-state index is 11.5. The number of carbonyl (C=O) groups is 2. The van der Waals surface area contributed by atoms with Gasteiger partial charge in [0, 0.05) is 16.3 Å². The summed E-state index contributed by atoms with van der Waals surface area (Å²) in [4.78, 5) is 21.9. The Morgan fingerprint density at radius 2 is 2.17 bits per heavy atom. The third-order valence-corrected chi connectivity index (χ3v) is 2.84. The smallest absolute Gasteiger partial charge is 0.303 e. The molecule has 6 nitrogen and oxygen atoms in total. The summed E-state index contributed by atoms with van der Waals surface area (Å²) >= 11 is 3.34. The van der Waals surface area contributed by atoms with Gasteiger partial charge in [0.2, 0.25) is 5.91 Å². The van der Waals surface area contributed by atoms with Crippen LogP contribution >= 0.6 is 15.9 Å². The van der Waals surface area contributed by atoms with Crippen LogP contribution in [0.25, 0.3) is 10.9 Å². The van der Waals surface area contributed by atoms with E-state index < -0.39 is 5.97 Å². The minimum absolute atomic E-state index is 0.0717. The highest BCUT2D eigenvalue weighted by Crippen LogP contribution is 2.24. The summed E-state index contributed by atoms with van der Waals surface area (Å²) in [6.07, 6.45) is -0.268. The van der Waals surface area contributed by atoms with Crippen molar-refractivity contribution in [2.75, 3.05) is 5.32 Å². The number of halogens is 1. The third kappa shape index (κ3) is 2.86. The van der Waals surface area contributed by atoms with Gasteiger partial charge in [0.25, 0.3) is 0 Å². The Balaban J connectivity index is 2.14. The molecule has 0 bridgehead atoms. The molecule has 94 valence electrons. The lowest BCUT2D eigenvalue weighted by atomic mass is 10.2. The maximum Gasteiger partial charge on any atom is 0.303 e. The monoisotopic (exact) mass is 311 g/mol. The van der Waals surface area contributed by atoms with Crippen LogP contribution in [0.3, 0.4) is 0 Å². The van der Waals surface area contributed by atoms with Crippen molar-refractivity contribution < 1.29 is 14.7 Å². The predicted molar refractivity (Wildman–Crippen MR) is 69.3 cm³/mol. The number of hydrogen-bond acceptors (Lipinski definition) is 3. The lowest BCUT2D eigenvalue weighted by molar-refractivity contribution is -0.138. The van der Waals surface area contributed by atoms with Crippen molar-refractivity contribution in [3.05, 3.63) is 22.7 Å². The molecule has 1 aromatic heterocycles. The summed E-state index contributed by atoms with van der Waals surface area (Å²) in [5.74, 6) is -0.966. The van der Waals surface area contributed by atoms with Gasteiger partial charge in [-0.2, -0.15) is 5.10 Å². The molecule has 0 aliphatic heterocycles. The second-order valence-corrected chi connectivity index (χ2v) is 4.62. The van der Waals surface area contributed by atoms with Crippen molar-refractivity contribution in [2.45, 2.75) is 12.8 Å². The number of rotatable bonds is 4. The van der Waals surface area contributed by atoms with Crippen molar-refractivity contribution in [2.24, 2.45) is 0 Å². The van der Waals surface area contributed by atoms with Gasteiger partial charge in [-0.1, -0.05) is 15.9 Å². The summed E-state index contributed by atoms with van der Waals surface area (Å²) in [5, 5.41) is 18.6. The molecule has 0 saturated carbocycles. The van der Waals surface area contributed by atoms with Gasteiger partial charge in [0.15, 0.2) is 5.82 Å². The Morgan fingerprint density at radius 1 is 1.39 bits per heavy atom. The minimum Gasteiger partial charge on any atom is -0.481 e. The normalized spacial score (nSPS) is 10.5. The average Bonchev–Trinajstić information content (AvgIpc) is 2.69. The average molecular weight is 312 g/mol. The molecule has 3 N–H and O–H groups in total. The molecule has 0 aliphatic carbocycles. The quantitative estimate of drug-likeness (QED) is 0.806. The van der Waals surface area contributed by atoms with Crippen LogP contribution < -0.4 is 5.32 Å². The first-order valence-corrected chi connectivity index (χ1v) is 6.01. The number of hydrogen-bond donors (Lipinski definition) is 3. The molecule has 0 fully saturated rings. The number of aromatic amines is 1. The zero-order valence-corrected chi connectivity index (χ0v) is 10.8. The Bertz CT molecular complexity index is 609. The fourth-order valence-corrected chi connectivity index (χ4v) is 1.86. The molecule has 1 heterocycles. The molecule has 2 aromatic rings. The van der Waals surface area contributed by atoms with Gasteiger partial charge in [0.1, 0.15) is 0 Å². The lowest BCUT2D eigenvalue weighted by Gasteiger charge is -2.01. The Kier molecular flexibility index (Phi) is 3.61. The number of fused-ring (bicyclic) bond motifs is 1. The molecule has 18 heavy (non-hydrogen) atoms. The van der Waals surface area contributed by atoms with E-state index in [1.807, 2.05) is 18.2 Å². The van der Waals surface area contributed by atoms with Crippen LogP contribution in [-0.4, -0.2) is 27.2 Å². The molecule has 0 radical (unpaired) electrons. The molecule has 0 atom stereocenters. The number of benzene rings is 1. The summed E-state index contributed by atoms with van der Waals surface area (Å²) in [5.41, 5.74) is 0.798. The summed E-state index contributed by atoms with van der Waals surface area (Å²) < 4.78 is 0.873. The Morgan fingerprint density at radius 3 is 2.89 bits per heavy atom. The molecule has 0 aliphatic rings. The second-order valence-electron chi connectivity index (χ2n) is 3.70. The van der Waals surface area contributed by atoms with Gasteiger partial charge in [-0.3, -0.25) is 14.7 Å². The van der Waals surface area contributed by atoms with E-state index in [-0.39, 0.29) is 18.7 Å². The van der Waals surface area contributed by atoms with Gasteiger partial charge < -0.3 is 10.4 Å². The molecule has 0 unspecified atom stereocenters. The molecule has 7 heteroatoms. The van der Waals surface area contributed by atoms with Crippen molar-refractivity contribution >= 4 is 44.5 Å². The van der Waals surface area contributed by atoms with Crippen LogP contribution in [0.2, 0.25) is 0 Å². The number of carboxylic acid groups (broad SMARTS) is 1. The zero-order chi connectivity index (χ0) is 13.1. The lowest BCUT2D eigenvalue weighted by Crippen LogP contribution is -2.13. The predicted octanol–water partition coefficient (Wildman–Crippen LogP) is 2.13. The van der Waals surface area contributed by atoms with E-state index in [9.17, 15) is 9.59 Å². The van der Waals surface area contributed by atoms with Crippen LogP contribution in [0.15, 0.2) is 22.7 Å². The number of H-pyrrole nitrogens is 1. The zero-order valence-electron chi connectivity index (χ0n) is 9.24. The largest absolute Gasteiger partial charge is 0.481 e. The highest BCUT2D eigenvalue weighted by Gasteiger charge is 2.10. The van der Waals surface area contributed by atoms with E-state index >= 15 is 0 Å². The number of nitrogens with one attached hydrogen (secondary N) is 2. The maximum absolute atomic E-state index is 11.5. The Hall–Kier alpha value is -1.89. The van der Waals surface area contributed by atoms with Crippen molar-refractivity contribution in [3.8, 4) is 0 Å². The molecular weight excluding hydrogens is 302 g/mol. The minimum atomic E-state index is -1.00. The van der Waals surface area contributed by atoms with Gasteiger partial charge in [0.05, 0.1) is 11.9 Å². The molecule has 0 saturated heterocycles.